The van der Waals surface area contributed by atoms with Crippen LogP contribution in [0.1, 0.15) is 39.0 Å². The molecule has 18 heavy (non-hydrogen) atoms. The van der Waals surface area contributed by atoms with Gasteiger partial charge in [0.05, 0.1) is 6.54 Å². The van der Waals surface area contributed by atoms with Crippen molar-refractivity contribution in [1.29, 1.82) is 0 Å². The monoisotopic (exact) mass is 254 g/mol. The third-order valence-electron chi connectivity index (χ3n) is 2.91. The Balaban J connectivity index is 2.06. The van der Waals surface area contributed by atoms with Gasteiger partial charge in [0, 0.05) is 11.6 Å². The van der Waals surface area contributed by atoms with E-state index in [1.54, 1.807) is 6.92 Å². The van der Waals surface area contributed by atoms with Gasteiger partial charge in [0.2, 0.25) is 0 Å². The van der Waals surface area contributed by atoms with Crippen LogP contribution in [-0.4, -0.2) is 31.2 Å². The summed E-state index contributed by atoms with van der Waals surface area (Å²) in [5, 5.41) is 5.59. The van der Waals surface area contributed by atoms with Crippen molar-refractivity contribution in [3.8, 4) is 0 Å². The summed E-state index contributed by atoms with van der Waals surface area (Å²) in [6.07, 6.45) is 5.73. The normalized spacial score (nSPS) is 15.8. The molecule has 1 rings (SSSR count). The average Bonchev–Trinajstić information content (AvgIpc) is 2.35. The van der Waals surface area contributed by atoms with Crippen molar-refractivity contribution in [3.05, 3.63) is 12.2 Å². The van der Waals surface area contributed by atoms with Crippen LogP contribution in [0, 0.1) is 0 Å². The SMILES string of the molecule is C=C(C)C(=O)OCCNC(=O)NC1CCCCC1. The number of carbonyl (C=O) groups is 2. The van der Waals surface area contributed by atoms with E-state index in [1.165, 1.54) is 19.3 Å². The van der Waals surface area contributed by atoms with Crippen molar-refractivity contribution in [3.63, 3.8) is 0 Å². The molecule has 0 aromatic carbocycles. The van der Waals surface area contributed by atoms with Gasteiger partial charge in [-0.2, -0.15) is 0 Å². The van der Waals surface area contributed by atoms with Crippen LogP contribution in [0.3, 0.4) is 0 Å². The first-order chi connectivity index (χ1) is 8.59. The fourth-order valence-corrected chi connectivity index (χ4v) is 1.91. The van der Waals surface area contributed by atoms with Crippen molar-refractivity contribution in [2.45, 2.75) is 45.1 Å². The first-order valence-corrected chi connectivity index (χ1v) is 6.46. The summed E-state index contributed by atoms with van der Waals surface area (Å²) in [5.74, 6) is -0.426. The number of carbonyl (C=O) groups excluding carboxylic acids is 2. The lowest BCUT2D eigenvalue weighted by molar-refractivity contribution is -0.138. The van der Waals surface area contributed by atoms with Gasteiger partial charge in [0.25, 0.3) is 0 Å². The molecule has 1 aliphatic carbocycles. The second-order valence-electron chi connectivity index (χ2n) is 4.65. The number of hydrogen-bond acceptors (Lipinski definition) is 3. The van der Waals surface area contributed by atoms with E-state index in [0.717, 1.165) is 12.8 Å². The van der Waals surface area contributed by atoms with Gasteiger partial charge in [0.15, 0.2) is 0 Å². The molecule has 0 saturated heterocycles. The van der Waals surface area contributed by atoms with Gasteiger partial charge in [-0.1, -0.05) is 25.8 Å². The standard InChI is InChI=1S/C13H22N2O3/c1-10(2)12(16)18-9-8-14-13(17)15-11-6-4-3-5-7-11/h11H,1,3-9H2,2H3,(H2,14,15,17). The summed E-state index contributed by atoms with van der Waals surface area (Å²) in [4.78, 5) is 22.6. The van der Waals surface area contributed by atoms with Crippen LogP contribution < -0.4 is 10.6 Å². The van der Waals surface area contributed by atoms with Crippen LogP contribution in [0.25, 0.3) is 0 Å². The molecule has 0 spiro atoms. The van der Waals surface area contributed by atoms with Crippen molar-refractivity contribution in [1.82, 2.24) is 10.6 Å². The highest BCUT2D eigenvalue weighted by molar-refractivity contribution is 5.86. The number of esters is 1. The zero-order chi connectivity index (χ0) is 13.4. The van der Waals surface area contributed by atoms with Crippen LogP contribution in [0.5, 0.6) is 0 Å². The molecule has 1 saturated carbocycles. The van der Waals surface area contributed by atoms with Gasteiger partial charge in [-0.15, -0.1) is 0 Å². The number of hydrogen-bond donors (Lipinski definition) is 2. The number of ether oxygens (including phenoxy) is 1. The zero-order valence-electron chi connectivity index (χ0n) is 11.0. The highest BCUT2D eigenvalue weighted by atomic mass is 16.5. The van der Waals surface area contributed by atoms with Crippen molar-refractivity contribution < 1.29 is 14.3 Å². The average molecular weight is 254 g/mol. The summed E-state index contributed by atoms with van der Waals surface area (Å²) in [7, 11) is 0. The second-order valence-corrected chi connectivity index (χ2v) is 4.65. The predicted octanol–water partition coefficient (Wildman–Crippen LogP) is 1.74. The quantitative estimate of drug-likeness (QED) is 0.446. The maximum atomic E-state index is 11.5. The maximum Gasteiger partial charge on any atom is 0.333 e. The molecular formula is C13H22N2O3. The first kappa shape index (κ1) is 14.5. The Morgan fingerprint density at radius 2 is 1.94 bits per heavy atom. The van der Waals surface area contributed by atoms with E-state index >= 15 is 0 Å². The van der Waals surface area contributed by atoms with Gasteiger partial charge in [-0.25, -0.2) is 9.59 Å². The Kier molecular flexibility index (Phi) is 6.25. The molecule has 2 N–H and O–H groups in total. The number of rotatable bonds is 5. The first-order valence-electron chi connectivity index (χ1n) is 6.46. The second kappa shape index (κ2) is 7.74. The Morgan fingerprint density at radius 3 is 2.56 bits per heavy atom. The fourth-order valence-electron chi connectivity index (χ4n) is 1.91. The van der Waals surface area contributed by atoms with Crippen LogP contribution in [-0.2, 0) is 9.53 Å². The Hall–Kier alpha value is -1.52. The number of amides is 2. The lowest BCUT2D eigenvalue weighted by Gasteiger charge is -2.22. The molecule has 0 bridgehead atoms. The lowest BCUT2D eigenvalue weighted by Crippen LogP contribution is -2.43. The third-order valence-corrected chi connectivity index (χ3v) is 2.91. The van der Waals surface area contributed by atoms with E-state index < -0.39 is 5.97 Å². The molecule has 2 amide bonds. The Bertz CT molecular complexity index is 309. The van der Waals surface area contributed by atoms with Crippen molar-refractivity contribution >= 4 is 12.0 Å². The maximum absolute atomic E-state index is 11.5. The van der Waals surface area contributed by atoms with E-state index in [-0.39, 0.29) is 18.7 Å². The van der Waals surface area contributed by atoms with E-state index in [9.17, 15) is 9.59 Å². The number of urea groups is 1. The van der Waals surface area contributed by atoms with Crippen LogP contribution >= 0.6 is 0 Å². The molecule has 0 atom stereocenters. The van der Waals surface area contributed by atoms with Gasteiger partial charge >= 0.3 is 12.0 Å². The lowest BCUT2D eigenvalue weighted by atomic mass is 9.96. The summed E-state index contributed by atoms with van der Waals surface area (Å²) >= 11 is 0. The molecule has 0 aliphatic heterocycles. The minimum absolute atomic E-state index is 0.170. The molecule has 0 heterocycles. The van der Waals surface area contributed by atoms with Crippen LogP contribution in [0.4, 0.5) is 4.79 Å². The van der Waals surface area contributed by atoms with Gasteiger partial charge in [0.1, 0.15) is 6.61 Å². The molecule has 5 heteroatoms. The number of nitrogens with one attached hydrogen (secondary N) is 2. The topological polar surface area (TPSA) is 67.4 Å². The zero-order valence-corrected chi connectivity index (χ0v) is 11.0. The Morgan fingerprint density at radius 1 is 1.28 bits per heavy atom. The van der Waals surface area contributed by atoms with Gasteiger partial charge in [-0.05, 0) is 19.8 Å². The predicted molar refractivity (Wildman–Crippen MR) is 69.2 cm³/mol. The third kappa shape index (κ3) is 5.70. The molecule has 1 fully saturated rings. The largest absolute Gasteiger partial charge is 0.460 e. The van der Waals surface area contributed by atoms with Gasteiger partial charge in [-0.3, -0.25) is 0 Å². The van der Waals surface area contributed by atoms with Crippen LogP contribution in [0.15, 0.2) is 12.2 Å². The molecule has 0 aromatic heterocycles. The molecule has 5 nitrogen and oxygen atoms in total. The Labute approximate surface area is 108 Å². The van der Waals surface area contributed by atoms with E-state index in [4.69, 9.17) is 4.74 Å². The van der Waals surface area contributed by atoms with E-state index in [1.807, 2.05) is 0 Å². The smallest absolute Gasteiger partial charge is 0.333 e. The van der Waals surface area contributed by atoms with E-state index in [2.05, 4.69) is 17.2 Å². The van der Waals surface area contributed by atoms with Crippen LogP contribution in [0.2, 0.25) is 0 Å². The van der Waals surface area contributed by atoms with Gasteiger partial charge < -0.3 is 15.4 Å². The molecule has 102 valence electrons. The minimum atomic E-state index is -0.426. The molecule has 0 aromatic rings. The summed E-state index contributed by atoms with van der Waals surface area (Å²) in [6, 6.07) is 0.102. The molecular weight excluding hydrogens is 232 g/mol. The fraction of sp³-hybridized carbons (Fsp3) is 0.692. The molecule has 0 unspecified atom stereocenters. The van der Waals surface area contributed by atoms with E-state index in [0.29, 0.717) is 12.1 Å². The summed E-state index contributed by atoms with van der Waals surface area (Å²) in [5.41, 5.74) is 0.363. The summed E-state index contributed by atoms with van der Waals surface area (Å²) < 4.78 is 4.86. The van der Waals surface area contributed by atoms with Crippen molar-refractivity contribution in [2.24, 2.45) is 0 Å². The summed E-state index contributed by atoms with van der Waals surface area (Å²) in [6.45, 7) is 5.55. The van der Waals surface area contributed by atoms with Crippen molar-refractivity contribution in [2.75, 3.05) is 13.2 Å². The molecule has 1 aliphatic rings. The molecule has 0 radical (unpaired) electrons. The minimum Gasteiger partial charge on any atom is -0.460 e. The highest BCUT2D eigenvalue weighted by Crippen LogP contribution is 2.16. The highest BCUT2D eigenvalue weighted by Gasteiger charge is 2.15.